The average Bonchev–Trinajstić information content (AvgIpc) is 2.72. The smallest absolute Gasteiger partial charge is 0.152 e. The van der Waals surface area contributed by atoms with Crippen molar-refractivity contribution in [3.8, 4) is 0 Å². The predicted molar refractivity (Wildman–Crippen MR) is 115 cm³/mol. The van der Waals surface area contributed by atoms with E-state index in [2.05, 4.69) is 26.8 Å². The zero-order valence-corrected chi connectivity index (χ0v) is 18.2. The minimum Gasteiger partial charge on any atom is -0.390 e. The summed E-state index contributed by atoms with van der Waals surface area (Å²) < 4.78 is 5.23. The number of aliphatic hydroxyl groups excluding tert-OH is 1. The number of halogens is 1. The van der Waals surface area contributed by atoms with Gasteiger partial charge in [0.25, 0.3) is 0 Å². The number of piperidine rings is 1. The van der Waals surface area contributed by atoms with Crippen LogP contribution in [0.2, 0.25) is 5.02 Å². The minimum atomic E-state index is -0.195. The van der Waals surface area contributed by atoms with Gasteiger partial charge in [-0.25, -0.2) is 15.0 Å². The first-order chi connectivity index (χ1) is 13.9. The van der Waals surface area contributed by atoms with Gasteiger partial charge in [0.2, 0.25) is 0 Å². The van der Waals surface area contributed by atoms with E-state index in [-0.39, 0.29) is 23.9 Å². The van der Waals surface area contributed by atoms with Gasteiger partial charge in [0, 0.05) is 37.3 Å². The molecule has 3 heterocycles. The van der Waals surface area contributed by atoms with Gasteiger partial charge in [0.1, 0.15) is 16.5 Å². The maximum Gasteiger partial charge on any atom is 0.152 e. The maximum atomic E-state index is 9.87. The highest BCUT2D eigenvalue weighted by Crippen LogP contribution is 2.37. The van der Waals surface area contributed by atoms with Gasteiger partial charge in [-0.2, -0.15) is 0 Å². The Morgan fingerprint density at radius 1 is 1.38 bits per heavy atom. The lowest BCUT2D eigenvalue weighted by molar-refractivity contribution is 0.0991. The monoisotopic (exact) mass is 438 g/mol. The number of nitrogen functional groups attached to an aromatic ring is 1. The molecule has 0 aromatic carbocycles. The molecule has 1 unspecified atom stereocenters. The summed E-state index contributed by atoms with van der Waals surface area (Å²) in [5.74, 6) is 0.978. The van der Waals surface area contributed by atoms with Crippen LogP contribution in [-0.2, 0) is 11.3 Å². The van der Waals surface area contributed by atoms with Crippen LogP contribution in [0.15, 0.2) is 28.4 Å². The number of nitrogens with zero attached hydrogens (tertiary/aromatic N) is 4. The number of rotatable bonds is 7. The highest BCUT2D eigenvalue weighted by Gasteiger charge is 2.36. The highest BCUT2D eigenvalue weighted by molar-refractivity contribution is 7.99. The lowest BCUT2D eigenvalue weighted by Crippen LogP contribution is -2.50. The molecule has 8 nitrogen and oxygen atoms in total. The van der Waals surface area contributed by atoms with Crippen molar-refractivity contribution in [3.05, 3.63) is 29.2 Å². The Morgan fingerprint density at radius 2 is 2.10 bits per heavy atom. The summed E-state index contributed by atoms with van der Waals surface area (Å²) in [5, 5.41) is 10.9. The van der Waals surface area contributed by atoms with Crippen molar-refractivity contribution in [1.82, 2.24) is 15.0 Å². The van der Waals surface area contributed by atoms with Crippen molar-refractivity contribution in [1.29, 1.82) is 0 Å². The minimum absolute atomic E-state index is 0.00521. The first-order valence-electron chi connectivity index (χ1n) is 9.42. The van der Waals surface area contributed by atoms with E-state index in [0.717, 1.165) is 30.8 Å². The molecular weight excluding hydrogens is 412 g/mol. The van der Waals surface area contributed by atoms with Gasteiger partial charge in [-0.15, -0.1) is 0 Å². The summed E-state index contributed by atoms with van der Waals surface area (Å²) >= 11 is 7.55. The molecule has 1 atom stereocenters. The van der Waals surface area contributed by atoms with E-state index < -0.39 is 0 Å². The van der Waals surface area contributed by atoms with Gasteiger partial charge >= 0.3 is 0 Å². The molecule has 1 saturated heterocycles. The molecule has 0 saturated carbocycles. The van der Waals surface area contributed by atoms with E-state index in [0.29, 0.717) is 28.2 Å². The second-order valence-corrected chi connectivity index (χ2v) is 8.89. The molecule has 3 rings (SSSR count). The van der Waals surface area contributed by atoms with E-state index >= 15 is 0 Å². The Kier molecular flexibility index (Phi) is 7.18. The van der Waals surface area contributed by atoms with E-state index in [1.54, 1.807) is 25.6 Å². The number of pyridine rings is 1. The molecule has 2 aromatic rings. The van der Waals surface area contributed by atoms with E-state index in [4.69, 9.17) is 27.8 Å². The molecule has 2 aromatic heterocycles. The SMILES string of the molecule is COCC(N)C1(C)CCN(c2ncc(Sc3ccnc(N)c3Cl)nc2CO)CC1. The Morgan fingerprint density at radius 3 is 2.76 bits per heavy atom. The van der Waals surface area contributed by atoms with Gasteiger partial charge in [0.05, 0.1) is 24.4 Å². The number of nitrogens with two attached hydrogens (primary N) is 2. The highest BCUT2D eigenvalue weighted by atomic mass is 35.5. The van der Waals surface area contributed by atoms with E-state index in [9.17, 15) is 5.11 Å². The molecule has 0 spiro atoms. The third kappa shape index (κ3) is 4.92. The first-order valence-corrected chi connectivity index (χ1v) is 10.6. The molecule has 0 aliphatic carbocycles. The zero-order valence-electron chi connectivity index (χ0n) is 16.6. The van der Waals surface area contributed by atoms with Crippen molar-refractivity contribution in [3.63, 3.8) is 0 Å². The number of aliphatic hydroxyl groups is 1. The Bertz CT molecular complexity index is 847. The number of hydrogen-bond donors (Lipinski definition) is 3. The van der Waals surface area contributed by atoms with Crippen LogP contribution in [-0.4, -0.2) is 52.9 Å². The third-order valence-electron chi connectivity index (χ3n) is 5.49. The summed E-state index contributed by atoms with van der Waals surface area (Å²) in [7, 11) is 1.68. The van der Waals surface area contributed by atoms with Crippen molar-refractivity contribution >= 4 is 35.0 Å². The fourth-order valence-electron chi connectivity index (χ4n) is 3.44. The zero-order chi connectivity index (χ0) is 21.0. The normalized spacial score (nSPS) is 17.3. The summed E-state index contributed by atoms with van der Waals surface area (Å²) in [6.07, 6.45) is 5.13. The topological polar surface area (TPSA) is 123 Å². The molecule has 1 fully saturated rings. The van der Waals surface area contributed by atoms with Gasteiger partial charge in [-0.05, 0) is 24.3 Å². The first kappa shape index (κ1) is 22.0. The molecule has 0 bridgehead atoms. The van der Waals surface area contributed by atoms with Gasteiger partial charge in [0.15, 0.2) is 5.82 Å². The van der Waals surface area contributed by atoms with Crippen LogP contribution in [0.1, 0.15) is 25.5 Å². The fraction of sp³-hybridized carbons (Fsp3) is 0.526. The summed E-state index contributed by atoms with van der Waals surface area (Å²) in [5.41, 5.74) is 12.6. The fourth-order valence-corrected chi connectivity index (χ4v) is 4.47. The van der Waals surface area contributed by atoms with Crippen LogP contribution in [0.25, 0.3) is 0 Å². The van der Waals surface area contributed by atoms with Crippen LogP contribution in [0.4, 0.5) is 11.6 Å². The lowest BCUT2D eigenvalue weighted by atomic mass is 9.74. The number of aromatic nitrogens is 3. The van der Waals surface area contributed by atoms with Crippen LogP contribution >= 0.6 is 23.4 Å². The summed E-state index contributed by atoms with van der Waals surface area (Å²) in [4.78, 5) is 16.0. The van der Waals surface area contributed by atoms with Crippen molar-refractivity contribution in [2.75, 3.05) is 37.4 Å². The quantitative estimate of drug-likeness (QED) is 0.597. The molecule has 1 aliphatic heterocycles. The third-order valence-corrected chi connectivity index (χ3v) is 6.97. The van der Waals surface area contributed by atoms with Crippen LogP contribution in [0.5, 0.6) is 0 Å². The maximum absolute atomic E-state index is 9.87. The molecule has 29 heavy (non-hydrogen) atoms. The molecule has 0 radical (unpaired) electrons. The number of ether oxygens (including phenoxy) is 1. The molecular formula is C19H27ClN6O2S. The van der Waals surface area contributed by atoms with Gasteiger partial charge in [-0.3, -0.25) is 0 Å². The second kappa shape index (κ2) is 9.44. The van der Waals surface area contributed by atoms with Gasteiger partial charge < -0.3 is 26.2 Å². The second-order valence-electron chi connectivity index (χ2n) is 7.45. The van der Waals surface area contributed by atoms with E-state index in [1.165, 1.54) is 11.8 Å². The largest absolute Gasteiger partial charge is 0.390 e. The summed E-state index contributed by atoms with van der Waals surface area (Å²) in [6.45, 7) is 4.16. The van der Waals surface area contributed by atoms with Crippen LogP contribution in [0, 0.1) is 5.41 Å². The Hall–Kier alpha value is -1.65. The van der Waals surface area contributed by atoms with Crippen LogP contribution in [0.3, 0.4) is 0 Å². The Labute approximate surface area is 180 Å². The molecule has 10 heteroatoms. The number of methoxy groups -OCH3 is 1. The Balaban J connectivity index is 1.74. The van der Waals surface area contributed by atoms with Crippen molar-refractivity contribution in [2.24, 2.45) is 11.1 Å². The van der Waals surface area contributed by atoms with Crippen LogP contribution < -0.4 is 16.4 Å². The molecule has 1 aliphatic rings. The van der Waals surface area contributed by atoms with Gasteiger partial charge in [-0.1, -0.05) is 30.3 Å². The molecule has 158 valence electrons. The lowest BCUT2D eigenvalue weighted by Gasteiger charge is -2.43. The van der Waals surface area contributed by atoms with E-state index in [1.807, 2.05) is 0 Å². The number of hydrogen-bond acceptors (Lipinski definition) is 9. The average molecular weight is 439 g/mol. The standard InChI is InChI=1S/C19H27ClN6O2S/c1-19(14(21)11-28-2)4-7-26(8-5-19)18-12(10-27)25-15(9-24-18)29-13-3-6-23-17(22)16(13)20/h3,6,9,14,27H,4-5,7-8,10-11,21H2,1-2H3,(H2,22,23). The summed E-state index contributed by atoms with van der Waals surface area (Å²) in [6, 6.07) is 1.76. The molecule has 5 N–H and O–H groups in total. The van der Waals surface area contributed by atoms with Crippen molar-refractivity contribution < 1.29 is 9.84 Å². The number of anilines is 2. The molecule has 0 amide bonds. The van der Waals surface area contributed by atoms with Crippen molar-refractivity contribution in [2.45, 2.75) is 42.3 Å². The predicted octanol–water partition coefficient (Wildman–Crippen LogP) is 2.33.